The number of piperidine rings is 1. The van der Waals surface area contributed by atoms with Crippen molar-refractivity contribution in [1.29, 1.82) is 0 Å². The number of carbonyl (C=O) groups is 2. The van der Waals surface area contributed by atoms with E-state index in [0.717, 1.165) is 66.9 Å². The van der Waals surface area contributed by atoms with Crippen LogP contribution in [0.5, 0.6) is 0 Å². The Hall–Kier alpha value is -3.33. The molecule has 2 aromatic carbocycles. The standard InChI is InChI=1S/C19H22FNO.C16H25N3O.C3H8O/c1-12-6-5-7-13(2)18(12)15-10-14(3)19(20)16(11-15)17(21-4)8-9-22;1-4-11-5-6-14(19(11)8-7-17)15(20)18-9-12-13(10-18)16(12,2)3;1-3-4-2/h5-7,9-11,17,21H,8H2,1-4H3;5-6,12-13H,4,7-10,17H2,1-3H3;3H2,1-2H3. The Morgan fingerprint density at radius 3 is 2.20 bits per heavy atom. The van der Waals surface area contributed by atoms with Crippen LogP contribution in [0.25, 0.3) is 11.1 Å². The maximum Gasteiger partial charge on any atom is 0.270 e. The van der Waals surface area contributed by atoms with Crippen LogP contribution < -0.4 is 11.1 Å². The zero-order valence-electron chi connectivity index (χ0n) is 29.4. The van der Waals surface area contributed by atoms with Crippen LogP contribution in [0.4, 0.5) is 4.39 Å². The van der Waals surface area contributed by atoms with Crippen LogP contribution >= 0.6 is 0 Å². The summed E-state index contributed by atoms with van der Waals surface area (Å²) in [4.78, 5) is 25.6. The van der Waals surface area contributed by atoms with Crippen molar-refractivity contribution < 1.29 is 18.7 Å². The normalized spacial score (nSPS) is 18.1. The minimum Gasteiger partial charge on any atom is -0.385 e. The fourth-order valence-corrected chi connectivity index (χ4v) is 6.82. The molecule has 252 valence electrons. The Morgan fingerprint density at radius 2 is 1.70 bits per heavy atom. The van der Waals surface area contributed by atoms with E-state index in [-0.39, 0.29) is 24.2 Å². The van der Waals surface area contributed by atoms with Gasteiger partial charge in [0.15, 0.2) is 0 Å². The van der Waals surface area contributed by atoms with Crippen molar-refractivity contribution in [3.8, 4) is 11.1 Å². The van der Waals surface area contributed by atoms with Crippen LogP contribution in [0.2, 0.25) is 0 Å². The maximum atomic E-state index is 14.5. The zero-order valence-corrected chi connectivity index (χ0v) is 29.4. The van der Waals surface area contributed by atoms with Gasteiger partial charge in [-0.2, -0.15) is 0 Å². The highest BCUT2D eigenvalue weighted by Gasteiger charge is 2.62. The fourth-order valence-electron chi connectivity index (χ4n) is 6.82. The predicted molar refractivity (Wildman–Crippen MR) is 186 cm³/mol. The number of nitrogens with zero attached hydrogens (tertiary/aromatic N) is 2. The van der Waals surface area contributed by atoms with Gasteiger partial charge in [-0.3, -0.25) is 4.79 Å². The number of nitrogens with one attached hydrogen (secondary N) is 1. The molecule has 46 heavy (non-hydrogen) atoms. The van der Waals surface area contributed by atoms with Crippen molar-refractivity contribution in [2.45, 2.75) is 73.9 Å². The van der Waals surface area contributed by atoms with Crippen LogP contribution in [0.15, 0.2) is 42.5 Å². The lowest BCUT2D eigenvalue weighted by atomic mass is 9.91. The molecule has 1 saturated heterocycles. The summed E-state index contributed by atoms with van der Waals surface area (Å²) in [6.07, 6.45) is 2.01. The summed E-state index contributed by atoms with van der Waals surface area (Å²) in [5.74, 6) is 1.35. The second-order valence-electron chi connectivity index (χ2n) is 13.0. The van der Waals surface area contributed by atoms with E-state index in [1.807, 2.05) is 36.1 Å². The van der Waals surface area contributed by atoms with E-state index in [2.05, 4.69) is 67.4 Å². The van der Waals surface area contributed by atoms with Gasteiger partial charge in [-0.25, -0.2) is 4.39 Å². The molecule has 5 rings (SSSR count). The number of hydrogen-bond acceptors (Lipinski definition) is 5. The average molecular weight is 635 g/mol. The third-order valence-electron chi connectivity index (χ3n) is 9.81. The number of aldehydes is 1. The first-order chi connectivity index (χ1) is 21.9. The Morgan fingerprint density at radius 1 is 1.09 bits per heavy atom. The highest BCUT2D eigenvalue weighted by atomic mass is 19.1. The number of carbonyl (C=O) groups excluding carboxylic acids is 2. The Bertz CT molecular complexity index is 1440. The van der Waals surface area contributed by atoms with E-state index >= 15 is 0 Å². The van der Waals surface area contributed by atoms with E-state index in [4.69, 9.17) is 5.73 Å². The second-order valence-corrected chi connectivity index (χ2v) is 13.0. The largest absolute Gasteiger partial charge is 0.385 e. The molecule has 0 radical (unpaired) electrons. The molecule has 3 aromatic rings. The summed E-state index contributed by atoms with van der Waals surface area (Å²) in [7, 11) is 3.43. The molecular weight excluding hydrogens is 579 g/mol. The number of hydrogen-bond donors (Lipinski definition) is 2. The molecule has 0 bridgehead atoms. The van der Waals surface area contributed by atoms with Gasteiger partial charge in [-0.1, -0.05) is 39.0 Å². The fraction of sp³-hybridized carbons (Fsp3) is 0.526. The number of aryl methyl sites for hydroxylation is 4. The molecule has 8 heteroatoms. The summed E-state index contributed by atoms with van der Waals surface area (Å²) in [5, 5.41) is 3.02. The van der Waals surface area contributed by atoms with Crippen molar-refractivity contribution in [3.63, 3.8) is 0 Å². The first kappa shape index (κ1) is 37.1. The summed E-state index contributed by atoms with van der Waals surface area (Å²) < 4.78 is 21.1. The summed E-state index contributed by atoms with van der Waals surface area (Å²) in [5.41, 5.74) is 13.7. The molecule has 7 nitrogen and oxygen atoms in total. The number of nitrogens with two attached hydrogens (primary N) is 1. The molecule has 2 aliphatic rings. The SMILES string of the molecule is CCOC.CCc1ccc(C(=O)N2CC3C(C2)C3(C)C)n1CCN.CNC(CC=O)c1cc(-c2c(C)cccc2C)cc(C)c1F. The predicted octanol–water partition coefficient (Wildman–Crippen LogP) is 6.66. The van der Waals surface area contributed by atoms with Crippen molar-refractivity contribution in [2.24, 2.45) is 23.0 Å². The topological polar surface area (TPSA) is 89.6 Å². The molecule has 3 atom stereocenters. The van der Waals surface area contributed by atoms with E-state index in [0.29, 0.717) is 34.9 Å². The summed E-state index contributed by atoms with van der Waals surface area (Å²) >= 11 is 0. The quantitative estimate of drug-likeness (QED) is 0.244. The average Bonchev–Trinajstić information content (AvgIpc) is 3.43. The van der Waals surface area contributed by atoms with Crippen molar-refractivity contribution in [2.75, 3.05) is 40.4 Å². The van der Waals surface area contributed by atoms with Crippen LogP contribution in [0, 0.1) is 43.8 Å². The molecule has 1 aromatic heterocycles. The highest BCUT2D eigenvalue weighted by Crippen LogP contribution is 2.62. The van der Waals surface area contributed by atoms with Gasteiger partial charge in [0.2, 0.25) is 0 Å². The maximum absolute atomic E-state index is 14.5. The van der Waals surface area contributed by atoms with Crippen LogP contribution in [0.3, 0.4) is 0 Å². The molecule has 1 amide bonds. The van der Waals surface area contributed by atoms with Gasteiger partial charge in [0.05, 0.1) is 0 Å². The lowest BCUT2D eigenvalue weighted by Gasteiger charge is -2.23. The van der Waals surface area contributed by atoms with E-state index in [1.165, 1.54) is 5.69 Å². The van der Waals surface area contributed by atoms with Crippen molar-refractivity contribution in [3.05, 3.63) is 81.9 Å². The van der Waals surface area contributed by atoms with E-state index < -0.39 is 0 Å². The van der Waals surface area contributed by atoms with Crippen molar-refractivity contribution >= 4 is 12.2 Å². The van der Waals surface area contributed by atoms with E-state index in [9.17, 15) is 14.0 Å². The van der Waals surface area contributed by atoms with Crippen LogP contribution in [-0.2, 0) is 22.5 Å². The molecule has 2 heterocycles. The van der Waals surface area contributed by atoms with Gasteiger partial charge < -0.3 is 30.0 Å². The molecule has 2 fully saturated rings. The number of halogens is 1. The Labute approximate surface area is 275 Å². The first-order valence-electron chi connectivity index (χ1n) is 16.6. The molecule has 3 N–H and O–H groups in total. The minimum absolute atomic E-state index is 0.182. The van der Waals surface area contributed by atoms with Gasteiger partial charge in [-0.05, 0) is 110 Å². The van der Waals surface area contributed by atoms with Gasteiger partial charge in [0, 0.05) is 63.6 Å². The monoisotopic (exact) mass is 634 g/mol. The van der Waals surface area contributed by atoms with Gasteiger partial charge >= 0.3 is 0 Å². The lowest BCUT2D eigenvalue weighted by molar-refractivity contribution is -0.108. The molecule has 1 saturated carbocycles. The molecule has 1 aliphatic carbocycles. The summed E-state index contributed by atoms with van der Waals surface area (Å²) in [6, 6.07) is 13.6. The third kappa shape index (κ3) is 8.14. The van der Waals surface area contributed by atoms with E-state index in [1.54, 1.807) is 21.1 Å². The smallest absolute Gasteiger partial charge is 0.270 e. The van der Waals surface area contributed by atoms with Crippen molar-refractivity contribution in [1.82, 2.24) is 14.8 Å². The van der Waals surface area contributed by atoms with Crippen LogP contribution in [-0.4, -0.2) is 62.1 Å². The number of fused-ring (bicyclic) bond motifs is 1. The third-order valence-corrected chi connectivity index (χ3v) is 9.81. The minimum atomic E-state index is -0.305. The van der Waals surface area contributed by atoms with Crippen LogP contribution in [0.1, 0.15) is 78.6 Å². The van der Waals surface area contributed by atoms with Gasteiger partial charge in [0.1, 0.15) is 17.8 Å². The molecule has 0 spiro atoms. The molecule has 3 unspecified atom stereocenters. The number of aromatic nitrogens is 1. The number of likely N-dealkylation sites (tertiary alicyclic amines) is 1. The van der Waals surface area contributed by atoms with Gasteiger partial charge in [0.25, 0.3) is 5.91 Å². The van der Waals surface area contributed by atoms with Gasteiger partial charge in [-0.15, -0.1) is 0 Å². The Balaban J connectivity index is 0.000000225. The second kappa shape index (κ2) is 16.5. The molecule has 1 aliphatic heterocycles. The number of ether oxygens (including phenoxy) is 1. The lowest BCUT2D eigenvalue weighted by Crippen LogP contribution is -2.34. The highest BCUT2D eigenvalue weighted by molar-refractivity contribution is 5.93. The molecular formula is C38H55FN4O3. The Kier molecular flexibility index (Phi) is 13.3. The number of amides is 1. The summed E-state index contributed by atoms with van der Waals surface area (Å²) in [6.45, 7) is 18.5. The zero-order chi connectivity index (χ0) is 34.2. The number of benzene rings is 2. The first-order valence-corrected chi connectivity index (χ1v) is 16.6. The number of rotatable bonds is 10. The number of methoxy groups -OCH3 is 1.